The molecule has 2 aromatic carbocycles. The number of H-pyrrole nitrogens is 1. The molecule has 3 saturated carbocycles. The van der Waals surface area contributed by atoms with Crippen LogP contribution in [0.2, 0.25) is 0 Å². The fourth-order valence-corrected chi connectivity index (χ4v) is 9.84. The normalized spacial score (nSPS) is 29.8. The van der Waals surface area contributed by atoms with Crippen molar-refractivity contribution in [2.24, 2.45) is 16.7 Å². The summed E-state index contributed by atoms with van der Waals surface area (Å²) in [6.07, 6.45) is 7.29. The molecule has 44 heavy (non-hydrogen) atoms. The second-order valence-corrected chi connectivity index (χ2v) is 15.9. The van der Waals surface area contributed by atoms with Gasteiger partial charge in [0.05, 0.1) is 17.1 Å². The molecule has 3 fully saturated rings. The quantitative estimate of drug-likeness (QED) is 0.267. The van der Waals surface area contributed by atoms with E-state index in [0.29, 0.717) is 11.8 Å². The van der Waals surface area contributed by atoms with Gasteiger partial charge in [0.1, 0.15) is 0 Å². The summed E-state index contributed by atoms with van der Waals surface area (Å²) in [7, 11) is 0. The van der Waals surface area contributed by atoms with Crippen LogP contribution in [0.15, 0.2) is 70.3 Å². The van der Waals surface area contributed by atoms with Crippen LogP contribution in [0.5, 0.6) is 0 Å². The van der Waals surface area contributed by atoms with Crippen LogP contribution in [0.25, 0.3) is 11.4 Å². The molecule has 2 heterocycles. The van der Waals surface area contributed by atoms with Gasteiger partial charge in [-0.2, -0.15) is 0 Å². The van der Waals surface area contributed by atoms with Gasteiger partial charge in [0.15, 0.2) is 0 Å². The molecule has 5 aliphatic carbocycles. The number of hydrogen-bond acceptors (Lipinski definition) is 2. The van der Waals surface area contributed by atoms with E-state index in [-0.39, 0.29) is 32.8 Å². The molecule has 5 aliphatic rings. The highest BCUT2D eigenvalue weighted by molar-refractivity contribution is 5.48. The zero-order valence-corrected chi connectivity index (χ0v) is 27.1. The zero-order chi connectivity index (χ0) is 30.8. The minimum atomic E-state index is 0.103. The SMILES string of the molecule is CC1(C)[C@@H]2CC[C@@]1(C)c1[nH]n(-c3ccccc3)c(=O)c12.CC1(C)[C@@H]2CC[C@@]1(C)c1c2c(=O)n(-c2ccccc2)n1CC1CC1. The molecule has 0 aliphatic heterocycles. The van der Waals surface area contributed by atoms with Crippen LogP contribution in [0.1, 0.15) is 114 Å². The van der Waals surface area contributed by atoms with Gasteiger partial charge in [-0.1, -0.05) is 77.9 Å². The predicted molar refractivity (Wildman–Crippen MR) is 175 cm³/mol. The number of rotatable bonds is 4. The van der Waals surface area contributed by atoms with Crippen molar-refractivity contribution in [1.29, 1.82) is 0 Å². The third-order valence-corrected chi connectivity index (χ3v) is 13.5. The average molecular weight is 591 g/mol. The third-order valence-electron chi connectivity index (χ3n) is 13.5. The molecule has 2 aromatic heterocycles. The first-order chi connectivity index (χ1) is 20.9. The highest BCUT2D eigenvalue weighted by atomic mass is 16.1. The van der Waals surface area contributed by atoms with E-state index in [1.54, 1.807) is 4.68 Å². The number of benzene rings is 2. The fraction of sp³-hybridized carbons (Fsp3) is 0.526. The monoisotopic (exact) mass is 590 g/mol. The van der Waals surface area contributed by atoms with Crippen molar-refractivity contribution < 1.29 is 0 Å². The maximum absolute atomic E-state index is 13.4. The molecule has 1 N–H and O–H groups in total. The first-order valence-electron chi connectivity index (χ1n) is 16.7. The Hall–Kier alpha value is -3.54. The number of nitrogens with one attached hydrogen (secondary N) is 1. The molecule has 4 bridgehead atoms. The maximum Gasteiger partial charge on any atom is 0.275 e. The van der Waals surface area contributed by atoms with Crippen molar-refractivity contribution >= 4 is 0 Å². The number of para-hydroxylation sites is 2. The van der Waals surface area contributed by atoms with Crippen molar-refractivity contribution in [3.8, 4) is 11.4 Å². The predicted octanol–water partition coefficient (Wildman–Crippen LogP) is 7.56. The molecule has 0 unspecified atom stereocenters. The molecule has 0 saturated heterocycles. The first kappa shape index (κ1) is 28.0. The van der Waals surface area contributed by atoms with Crippen molar-refractivity contribution in [2.45, 2.75) is 109 Å². The molecule has 4 atom stereocenters. The summed E-state index contributed by atoms with van der Waals surface area (Å²) < 4.78 is 6.07. The largest absolute Gasteiger partial charge is 0.294 e. The Morgan fingerprint density at radius 3 is 1.82 bits per heavy atom. The van der Waals surface area contributed by atoms with Crippen LogP contribution in [-0.4, -0.2) is 19.1 Å². The fourth-order valence-electron chi connectivity index (χ4n) is 9.84. The minimum absolute atomic E-state index is 0.103. The van der Waals surface area contributed by atoms with Gasteiger partial charge in [-0.05, 0) is 91.4 Å². The lowest BCUT2D eigenvalue weighted by molar-refractivity contribution is 0.214. The van der Waals surface area contributed by atoms with E-state index >= 15 is 0 Å². The number of aromatic nitrogens is 4. The molecular formula is C38H46N4O2. The molecule has 0 radical (unpaired) electrons. The Morgan fingerprint density at radius 2 is 1.23 bits per heavy atom. The second kappa shape index (κ2) is 9.02. The van der Waals surface area contributed by atoms with Crippen LogP contribution in [0.3, 0.4) is 0 Å². The summed E-state index contributed by atoms with van der Waals surface area (Å²) in [6.45, 7) is 15.1. The van der Waals surface area contributed by atoms with Crippen LogP contribution < -0.4 is 11.1 Å². The minimum Gasteiger partial charge on any atom is -0.294 e. The summed E-state index contributed by atoms with van der Waals surface area (Å²) in [5.41, 5.74) is 7.61. The van der Waals surface area contributed by atoms with Crippen molar-refractivity contribution in [3.63, 3.8) is 0 Å². The highest BCUT2D eigenvalue weighted by Crippen LogP contribution is 2.68. The van der Waals surface area contributed by atoms with Gasteiger partial charge in [0.25, 0.3) is 11.1 Å². The van der Waals surface area contributed by atoms with E-state index in [0.717, 1.165) is 47.8 Å². The maximum atomic E-state index is 13.4. The molecular weight excluding hydrogens is 544 g/mol. The number of aromatic amines is 1. The first-order valence-corrected chi connectivity index (χ1v) is 16.7. The van der Waals surface area contributed by atoms with Gasteiger partial charge < -0.3 is 0 Å². The Bertz CT molecular complexity index is 1880. The third kappa shape index (κ3) is 3.43. The molecule has 230 valence electrons. The highest BCUT2D eigenvalue weighted by Gasteiger charge is 2.63. The van der Waals surface area contributed by atoms with Gasteiger partial charge in [-0.3, -0.25) is 19.4 Å². The molecule has 9 rings (SSSR count). The molecule has 4 aromatic rings. The summed E-state index contributed by atoms with van der Waals surface area (Å²) in [5.74, 6) is 1.57. The Labute approximate surface area is 260 Å². The number of fused-ring (bicyclic) bond motifs is 10. The topological polar surface area (TPSA) is 64.7 Å². The van der Waals surface area contributed by atoms with E-state index in [1.807, 2.05) is 53.2 Å². The van der Waals surface area contributed by atoms with Gasteiger partial charge >= 0.3 is 0 Å². The van der Waals surface area contributed by atoms with Crippen molar-refractivity contribution in [3.05, 3.63) is 104 Å². The van der Waals surface area contributed by atoms with Crippen molar-refractivity contribution in [1.82, 2.24) is 19.1 Å². The second-order valence-electron chi connectivity index (χ2n) is 15.9. The lowest BCUT2D eigenvalue weighted by Gasteiger charge is -2.36. The number of nitrogens with zero attached hydrogens (tertiary/aromatic N) is 3. The standard InChI is InChI=1S/C21H26N2O.C17H20N2O/c1-20(2)16-11-12-21(20,3)18-17(16)19(24)23(15-7-5-4-6-8-15)22(18)13-14-9-10-14;1-16(2)12-9-10-17(16,3)14-13(12)15(20)19(18-14)11-7-5-4-6-8-11/h4-8,14,16H,9-13H2,1-3H3;4-8,12,18H,9-10H2,1-3H3/t16-,21+;12-,17+/m11/s1. The van der Waals surface area contributed by atoms with Crippen LogP contribution in [0, 0.1) is 16.7 Å². The zero-order valence-electron chi connectivity index (χ0n) is 27.1. The van der Waals surface area contributed by atoms with Crippen LogP contribution >= 0.6 is 0 Å². The van der Waals surface area contributed by atoms with E-state index in [2.05, 4.69) is 63.5 Å². The van der Waals surface area contributed by atoms with E-state index < -0.39 is 0 Å². The lowest BCUT2D eigenvalue weighted by atomic mass is 9.70. The lowest BCUT2D eigenvalue weighted by Crippen LogP contribution is -2.36. The summed E-state index contributed by atoms with van der Waals surface area (Å²) >= 11 is 0. The molecule has 6 nitrogen and oxygen atoms in total. The van der Waals surface area contributed by atoms with E-state index in [1.165, 1.54) is 37.1 Å². The summed E-state index contributed by atoms with van der Waals surface area (Å²) in [4.78, 5) is 26.3. The van der Waals surface area contributed by atoms with Gasteiger partial charge in [0, 0.05) is 34.2 Å². The van der Waals surface area contributed by atoms with Crippen molar-refractivity contribution in [2.75, 3.05) is 0 Å². The molecule has 0 amide bonds. The Morgan fingerprint density at radius 1 is 0.682 bits per heavy atom. The van der Waals surface area contributed by atoms with Crippen LogP contribution in [-0.2, 0) is 17.4 Å². The molecule has 0 spiro atoms. The van der Waals surface area contributed by atoms with Gasteiger partial charge in [-0.25, -0.2) is 9.36 Å². The van der Waals surface area contributed by atoms with E-state index in [4.69, 9.17) is 0 Å². The van der Waals surface area contributed by atoms with Crippen LogP contribution in [0.4, 0.5) is 0 Å². The molecule has 6 heteroatoms. The summed E-state index contributed by atoms with van der Waals surface area (Å²) in [6, 6.07) is 20.1. The summed E-state index contributed by atoms with van der Waals surface area (Å²) in [5, 5.41) is 3.41. The Balaban J connectivity index is 0.000000134. The smallest absolute Gasteiger partial charge is 0.275 e. The number of hydrogen-bond donors (Lipinski definition) is 1. The average Bonchev–Trinajstić information content (AvgIpc) is 3.43. The Kier molecular flexibility index (Phi) is 5.73. The van der Waals surface area contributed by atoms with E-state index in [9.17, 15) is 9.59 Å². The van der Waals surface area contributed by atoms with Gasteiger partial charge in [0.2, 0.25) is 0 Å². The van der Waals surface area contributed by atoms with Gasteiger partial charge in [-0.15, -0.1) is 0 Å².